The molecule has 0 bridgehead atoms. The number of hydrogen-bond donors (Lipinski definition) is 1. The van der Waals surface area contributed by atoms with Gasteiger partial charge in [0.1, 0.15) is 28.5 Å². The van der Waals surface area contributed by atoms with E-state index in [1.54, 1.807) is 44.0 Å². The van der Waals surface area contributed by atoms with Crippen LogP contribution in [-0.4, -0.2) is 24.2 Å². The van der Waals surface area contributed by atoms with E-state index in [0.29, 0.717) is 16.5 Å². The maximum atomic E-state index is 6.29. The summed E-state index contributed by atoms with van der Waals surface area (Å²) in [6.45, 7) is 0. The molecule has 1 aromatic carbocycles. The Morgan fingerprint density at radius 2 is 1.88 bits per heavy atom. The Labute approximate surface area is 155 Å². The van der Waals surface area contributed by atoms with E-state index in [9.17, 15) is 0 Å². The number of rotatable bonds is 4. The Morgan fingerprint density at radius 3 is 2.68 bits per heavy atom. The van der Waals surface area contributed by atoms with Crippen molar-refractivity contribution in [2.24, 2.45) is 0 Å². The Bertz CT molecular complexity index is 942. The van der Waals surface area contributed by atoms with Gasteiger partial charge >= 0.3 is 0 Å². The van der Waals surface area contributed by atoms with Crippen molar-refractivity contribution in [1.29, 1.82) is 0 Å². The van der Waals surface area contributed by atoms with Crippen LogP contribution in [0.1, 0.15) is 23.3 Å². The van der Waals surface area contributed by atoms with Gasteiger partial charge in [0.15, 0.2) is 0 Å². The molecule has 3 aromatic rings. The maximum Gasteiger partial charge on any atom is 0.146 e. The number of thiophene rings is 1. The van der Waals surface area contributed by atoms with E-state index in [1.165, 1.54) is 23.3 Å². The molecule has 0 atom stereocenters. The average Bonchev–Trinajstić information content (AvgIpc) is 3.01. The Kier molecular flexibility index (Phi) is 4.39. The molecule has 1 N–H and O–H groups in total. The molecule has 0 spiro atoms. The van der Waals surface area contributed by atoms with Crippen molar-refractivity contribution in [1.82, 2.24) is 9.97 Å². The zero-order valence-electron chi connectivity index (χ0n) is 14.1. The van der Waals surface area contributed by atoms with Crippen molar-refractivity contribution < 1.29 is 9.47 Å². The van der Waals surface area contributed by atoms with Gasteiger partial charge in [-0.2, -0.15) is 0 Å². The van der Waals surface area contributed by atoms with E-state index in [2.05, 4.69) is 15.3 Å². The minimum Gasteiger partial charge on any atom is -0.495 e. The summed E-state index contributed by atoms with van der Waals surface area (Å²) < 4.78 is 10.7. The minimum absolute atomic E-state index is 0.517. The fourth-order valence-electron chi connectivity index (χ4n) is 3.27. The molecule has 0 fully saturated rings. The Hall–Kier alpha value is -2.05. The molecule has 0 saturated carbocycles. The molecule has 0 amide bonds. The van der Waals surface area contributed by atoms with Crippen LogP contribution in [0.15, 0.2) is 18.5 Å². The third-order valence-corrected chi connectivity index (χ3v) is 5.97. The highest BCUT2D eigenvalue weighted by Crippen LogP contribution is 2.41. The fraction of sp³-hybridized carbons (Fsp3) is 0.333. The van der Waals surface area contributed by atoms with Crippen molar-refractivity contribution in [3.05, 3.63) is 33.9 Å². The third kappa shape index (κ3) is 2.89. The molecule has 7 heteroatoms. The molecule has 0 saturated heterocycles. The first-order valence-corrected chi connectivity index (χ1v) is 9.34. The van der Waals surface area contributed by atoms with Crippen LogP contribution in [0.5, 0.6) is 11.5 Å². The predicted octanol–water partition coefficient (Wildman–Crippen LogP) is 4.98. The van der Waals surface area contributed by atoms with E-state index >= 15 is 0 Å². The highest BCUT2D eigenvalue weighted by Gasteiger charge is 2.20. The van der Waals surface area contributed by atoms with Gasteiger partial charge in [-0.25, -0.2) is 9.97 Å². The largest absolute Gasteiger partial charge is 0.495 e. The second-order valence-corrected chi connectivity index (χ2v) is 7.42. The van der Waals surface area contributed by atoms with Gasteiger partial charge in [0.25, 0.3) is 0 Å². The van der Waals surface area contributed by atoms with Gasteiger partial charge in [0.2, 0.25) is 0 Å². The molecular weight excluding hydrogens is 358 g/mol. The van der Waals surface area contributed by atoms with Gasteiger partial charge in [0.05, 0.1) is 30.3 Å². The van der Waals surface area contributed by atoms with E-state index in [0.717, 1.165) is 34.6 Å². The summed E-state index contributed by atoms with van der Waals surface area (Å²) in [6, 6.07) is 3.57. The van der Waals surface area contributed by atoms with Crippen LogP contribution < -0.4 is 14.8 Å². The van der Waals surface area contributed by atoms with E-state index in [-0.39, 0.29) is 0 Å². The lowest BCUT2D eigenvalue weighted by Crippen LogP contribution is -2.02. The third-order valence-electron chi connectivity index (χ3n) is 4.48. The predicted molar refractivity (Wildman–Crippen MR) is 102 cm³/mol. The van der Waals surface area contributed by atoms with Crippen LogP contribution >= 0.6 is 22.9 Å². The van der Waals surface area contributed by atoms with E-state index in [4.69, 9.17) is 21.1 Å². The molecule has 25 heavy (non-hydrogen) atoms. The van der Waals surface area contributed by atoms with E-state index in [1.807, 2.05) is 0 Å². The van der Waals surface area contributed by atoms with Crippen LogP contribution in [-0.2, 0) is 12.8 Å². The summed E-state index contributed by atoms with van der Waals surface area (Å²) in [5.41, 5.74) is 2.14. The number of methoxy groups -OCH3 is 2. The zero-order valence-corrected chi connectivity index (χ0v) is 15.6. The molecule has 0 unspecified atom stereocenters. The molecular formula is C18H18ClN3O2S. The van der Waals surface area contributed by atoms with Crippen molar-refractivity contribution in [2.45, 2.75) is 25.7 Å². The summed E-state index contributed by atoms with van der Waals surface area (Å²) in [7, 11) is 3.20. The topological polar surface area (TPSA) is 56.3 Å². The standard InChI is InChI=1S/C18H18ClN3O2S/c1-23-13-8-14(24-2)12(7-11(13)19)22-17-16-10-5-3-4-6-15(10)25-18(16)21-9-20-17/h7-9H,3-6H2,1-2H3,(H,20,21,22). The van der Waals surface area contributed by atoms with Crippen LogP contribution in [0, 0.1) is 0 Å². The summed E-state index contributed by atoms with van der Waals surface area (Å²) in [4.78, 5) is 11.4. The second kappa shape index (κ2) is 6.69. The van der Waals surface area contributed by atoms with Gasteiger partial charge in [-0.3, -0.25) is 0 Å². The van der Waals surface area contributed by atoms with Crippen molar-refractivity contribution >= 4 is 44.7 Å². The molecule has 4 rings (SSSR count). The van der Waals surface area contributed by atoms with Gasteiger partial charge in [-0.1, -0.05) is 11.6 Å². The molecule has 1 aliphatic rings. The summed E-state index contributed by atoms with van der Waals surface area (Å²) >= 11 is 8.06. The van der Waals surface area contributed by atoms with Crippen LogP contribution in [0.4, 0.5) is 11.5 Å². The lowest BCUT2D eigenvalue weighted by Gasteiger charge is -2.15. The number of fused-ring (bicyclic) bond motifs is 3. The molecule has 2 aromatic heterocycles. The minimum atomic E-state index is 0.517. The molecule has 0 radical (unpaired) electrons. The molecule has 5 nitrogen and oxygen atoms in total. The summed E-state index contributed by atoms with van der Waals surface area (Å²) in [6.07, 6.45) is 6.28. The number of nitrogens with one attached hydrogen (secondary N) is 1. The first-order chi connectivity index (χ1) is 12.2. The maximum absolute atomic E-state index is 6.29. The first-order valence-electron chi connectivity index (χ1n) is 8.15. The van der Waals surface area contributed by atoms with Crippen molar-refractivity contribution in [3.8, 4) is 11.5 Å². The average molecular weight is 376 g/mol. The quantitative estimate of drug-likeness (QED) is 0.696. The molecule has 2 heterocycles. The molecule has 130 valence electrons. The normalized spacial score (nSPS) is 13.6. The lowest BCUT2D eigenvalue weighted by molar-refractivity contribution is 0.396. The zero-order chi connectivity index (χ0) is 17.4. The number of halogens is 1. The van der Waals surface area contributed by atoms with Gasteiger partial charge in [0, 0.05) is 10.9 Å². The number of anilines is 2. The molecule has 0 aliphatic heterocycles. The first kappa shape index (κ1) is 16.4. The monoisotopic (exact) mass is 375 g/mol. The number of benzene rings is 1. The number of nitrogens with zero attached hydrogens (tertiary/aromatic N) is 2. The SMILES string of the molecule is COc1cc(OC)c(Nc2ncnc3sc4c(c23)CCCC4)cc1Cl. The lowest BCUT2D eigenvalue weighted by atomic mass is 9.97. The smallest absolute Gasteiger partial charge is 0.146 e. The fourth-order valence-corrected chi connectivity index (χ4v) is 4.74. The van der Waals surface area contributed by atoms with Gasteiger partial charge in [-0.15, -0.1) is 11.3 Å². The Morgan fingerprint density at radius 1 is 1.08 bits per heavy atom. The second-order valence-electron chi connectivity index (χ2n) is 5.93. The number of aryl methyl sites for hydroxylation is 2. The number of ether oxygens (including phenoxy) is 2. The van der Waals surface area contributed by atoms with Gasteiger partial charge < -0.3 is 14.8 Å². The van der Waals surface area contributed by atoms with Crippen LogP contribution in [0.25, 0.3) is 10.2 Å². The highest BCUT2D eigenvalue weighted by atomic mass is 35.5. The van der Waals surface area contributed by atoms with Crippen molar-refractivity contribution in [2.75, 3.05) is 19.5 Å². The highest BCUT2D eigenvalue weighted by molar-refractivity contribution is 7.19. The molecule has 1 aliphatic carbocycles. The van der Waals surface area contributed by atoms with Crippen molar-refractivity contribution in [3.63, 3.8) is 0 Å². The number of aromatic nitrogens is 2. The number of hydrogen-bond acceptors (Lipinski definition) is 6. The van der Waals surface area contributed by atoms with Crippen LogP contribution in [0.2, 0.25) is 5.02 Å². The van der Waals surface area contributed by atoms with Crippen LogP contribution in [0.3, 0.4) is 0 Å². The van der Waals surface area contributed by atoms with E-state index < -0.39 is 0 Å². The summed E-state index contributed by atoms with van der Waals surface area (Å²) in [5, 5.41) is 5.02. The summed E-state index contributed by atoms with van der Waals surface area (Å²) in [5.74, 6) is 2.02. The Balaban J connectivity index is 1.81. The van der Waals surface area contributed by atoms with Gasteiger partial charge in [-0.05, 0) is 37.3 Å².